The molecule has 1 saturated heterocycles. The molecule has 1 aliphatic rings. The van der Waals surface area contributed by atoms with Crippen LogP contribution in [0.3, 0.4) is 0 Å². The fourth-order valence-electron chi connectivity index (χ4n) is 1.83. The number of amides is 1. The topological polar surface area (TPSA) is 66.5 Å². The minimum atomic E-state index is -3.07. The van der Waals surface area contributed by atoms with E-state index in [9.17, 15) is 13.2 Å². The number of sulfonamides is 1. The Balaban J connectivity index is 2.44. The first-order chi connectivity index (χ1) is 7.86. The van der Waals surface area contributed by atoms with Gasteiger partial charge in [-0.1, -0.05) is 13.8 Å². The Hall–Kier alpha value is -0.620. The molecule has 0 aliphatic carbocycles. The van der Waals surface area contributed by atoms with Gasteiger partial charge in [-0.25, -0.2) is 12.7 Å². The largest absolute Gasteiger partial charge is 0.353 e. The first-order valence-electron chi connectivity index (χ1n) is 6.15. The van der Waals surface area contributed by atoms with E-state index in [-0.39, 0.29) is 23.6 Å². The van der Waals surface area contributed by atoms with Gasteiger partial charge in [-0.05, 0) is 19.8 Å². The Morgan fingerprint density at radius 1 is 1.35 bits per heavy atom. The summed E-state index contributed by atoms with van der Waals surface area (Å²) in [6.07, 6.45) is 1.41. The highest BCUT2D eigenvalue weighted by atomic mass is 32.2. The number of nitrogens with one attached hydrogen (secondary N) is 1. The van der Waals surface area contributed by atoms with Gasteiger partial charge in [0, 0.05) is 25.0 Å². The summed E-state index contributed by atoms with van der Waals surface area (Å²) < 4.78 is 24.8. The summed E-state index contributed by atoms with van der Waals surface area (Å²) in [5.41, 5.74) is 0. The van der Waals surface area contributed by atoms with Crippen LogP contribution in [0, 0.1) is 5.92 Å². The number of hydrogen-bond donors (Lipinski definition) is 1. The molecule has 0 unspecified atom stereocenters. The maximum atomic E-state index is 11.6. The summed E-state index contributed by atoms with van der Waals surface area (Å²) >= 11 is 0. The lowest BCUT2D eigenvalue weighted by Gasteiger charge is -2.31. The molecule has 0 radical (unpaired) electrons. The van der Waals surface area contributed by atoms with Crippen LogP contribution in [0.4, 0.5) is 0 Å². The third-order valence-corrected chi connectivity index (χ3v) is 4.96. The quantitative estimate of drug-likeness (QED) is 0.805. The van der Waals surface area contributed by atoms with E-state index in [0.29, 0.717) is 25.9 Å². The van der Waals surface area contributed by atoms with E-state index in [1.54, 1.807) is 6.92 Å². The predicted molar refractivity (Wildman–Crippen MR) is 67.0 cm³/mol. The van der Waals surface area contributed by atoms with Gasteiger partial charge in [-0.3, -0.25) is 4.79 Å². The van der Waals surface area contributed by atoms with Crippen LogP contribution in [0.25, 0.3) is 0 Å². The number of carbonyl (C=O) groups is 1. The SMILES string of the molecule is CCS(=O)(=O)N1CCC(NC(=O)C(C)C)CC1. The summed E-state index contributed by atoms with van der Waals surface area (Å²) in [4.78, 5) is 11.5. The van der Waals surface area contributed by atoms with Crippen LogP contribution in [0.5, 0.6) is 0 Å². The van der Waals surface area contributed by atoms with E-state index in [1.807, 2.05) is 13.8 Å². The lowest BCUT2D eigenvalue weighted by molar-refractivity contribution is -0.124. The molecule has 6 heteroatoms. The van der Waals surface area contributed by atoms with Crippen LogP contribution in [0.15, 0.2) is 0 Å². The molecule has 1 aliphatic heterocycles. The van der Waals surface area contributed by atoms with Gasteiger partial charge in [-0.15, -0.1) is 0 Å². The Bertz CT molecular complexity index is 357. The monoisotopic (exact) mass is 262 g/mol. The molecule has 1 rings (SSSR count). The van der Waals surface area contributed by atoms with E-state index >= 15 is 0 Å². The van der Waals surface area contributed by atoms with Crippen LogP contribution >= 0.6 is 0 Å². The second kappa shape index (κ2) is 5.82. The Labute approximate surface area is 104 Å². The number of carbonyl (C=O) groups excluding carboxylic acids is 1. The van der Waals surface area contributed by atoms with Gasteiger partial charge in [0.15, 0.2) is 0 Å². The minimum Gasteiger partial charge on any atom is -0.353 e. The van der Waals surface area contributed by atoms with Crippen molar-refractivity contribution in [1.82, 2.24) is 9.62 Å². The average molecular weight is 262 g/mol. The number of piperidine rings is 1. The van der Waals surface area contributed by atoms with E-state index in [1.165, 1.54) is 4.31 Å². The van der Waals surface area contributed by atoms with Crippen LogP contribution in [0.1, 0.15) is 33.6 Å². The third kappa shape index (κ3) is 3.96. The molecular weight excluding hydrogens is 240 g/mol. The molecule has 17 heavy (non-hydrogen) atoms. The van der Waals surface area contributed by atoms with Crippen molar-refractivity contribution in [3.63, 3.8) is 0 Å². The Morgan fingerprint density at radius 2 is 1.88 bits per heavy atom. The molecule has 0 saturated carbocycles. The molecule has 1 N–H and O–H groups in total. The molecule has 0 aromatic heterocycles. The second-order valence-corrected chi connectivity index (χ2v) is 6.99. The van der Waals surface area contributed by atoms with Crippen molar-refractivity contribution >= 4 is 15.9 Å². The molecule has 0 aromatic carbocycles. The summed E-state index contributed by atoms with van der Waals surface area (Å²) in [5, 5.41) is 2.95. The molecule has 0 spiro atoms. The van der Waals surface area contributed by atoms with Gasteiger partial charge in [-0.2, -0.15) is 0 Å². The number of rotatable bonds is 4. The van der Waals surface area contributed by atoms with Crippen molar-refractivity contribution in [3.8, 4) is 0 Å². The average Bonchev–Trinajstić information content (AvgIpc) is 2.29. The summed E-state index contributed by atoms with van der Waals surface area (Å²) in [5.74, 6) is 0.171. The van der Waals surface area contributed by atoms with Crippen molar-refractivity contribution in [1.29, 1.82) is 0 Å². The first-order valence-corrected chi connectivity index (χ1v) is 7.76. The molecular formula is C11H22N2O3S. The molecule has 1 fully saturated rings. The zero-order chi connectivity index (χ0) is 13.1. The van der Waals surface area contributed by atoms with E-state index < -0.39 is 10.0 Å². The van der Waals surface area contributed by atoms with Gasteiger partial charge in [0.25, 0.3) is 0 Å². The second-order valence-electron chi connectivity index (χ2n) is 4.74. The van der Waals surface area contributed by atoms with Gasteiger partial charge in [0.05, 0.1) is 5.75 Å². The van der Waals surface area contributed by atoms with Crippen LogP contribution in [-0.4, -0.2) is 43.5 Å². The van der Waals surface area contributed by atoms with E-state index in [2.05, 4.69) is 5.32 Å². The highest BCUT2D eigenvalue weighted by Crippen LogP contribution is 2.14. The molecule has 0 aromatic rings. The predicted octanol–water partition coefficient (Wildman–Crippen LogP) is 0.573. The molecule has 100 valence electrons. The Morgan fingerprint density at radius 3 is 2.29 bits per heavy atom. The normalized spacial score (nSPS) is 19.5. The van der Waals surface area contributed by atoms with Gasteiger partial charge in [0.2, 0.25) is 15.9 Å². The van der Waals surface area contributed by atoms with Crippen molar-refractivity contribution in [2.45, 2.75) is 39.7 Å². The molecule has 0 atom stereocenters. The highest BCUT2D eigenvalue weighted by molar-refractivity contribution is 7.89. The van der Waals surface area contributed by atoms with Crippen molar-refractivity contribution in [2.75, 3.05) is 18.8 Å². The summed E-state index contributed by atoms with van der Waals surface area (Å²) in [7, 11) is -3.07. The molecule has 0 bridgehead atoms. The van der Waals surface area contributed by atoms with Crippen LogP contribution < -0.4 is 5.32 Å². The number of hydrogen-bond acceptors (Lipinski definition) is 3. The third-order valence-electron chi connectivity index (χ3n) is 3.08. The summed E-state index contributed by atoms with van der Waals surface area (Å²) in [6, 6.07) is 0.119. The van der Waals surface area contributed by atoms with Crippen molar-refractivity contribution in [2.24, 2.45) is 5.92 Å². The number of nitrogens with zero attached hydrogens (tertiary/aromatic N) is 1. The highest BCUT2D eigenvalue weighted by Gasteiger charge is 2.27. The lowest BCUT2D eigenvalue weighted by atomic mass is 10.1. The molecule has 5 nitrogen and oxygen atoms in total. The Kier molecular flexibility index (Phi) is 4.94. The maximum Gasteiger partial charge on any atom is 0.222 e. The maximum absolute atomic E-state index is 11.6. The summed E-state index contributed by atoms with van der Waals surface area (Å²) in [6.45, 7) is 6.39. The van der Waals surface area contributed by atoms with Crippen molar-refractivity contribution in [3.05, 3.63) is 0 Å². The van der Waals surface area contributed by atoms with Crippen molar-refractivity contribution < 1.29 is 13.2 Å². The van der Waals surface area contributed by atoms with Crippen LogP contribution in [-0.2, 0) is 14.8 Å². The lowest BCUT2D eigenvalue weighted by Crippen LogP contribution is -2.47. The van der Waals surface area contributed by atoms with E-state index in [0.717, 1.165) is 0 Å². The molecule has 1 amide bonds. The van der Waals surface area contributed by atoms with Crippen LogP contribution in [0.2, 0.25) is 0 Å². The van der Waals surface area contributed by atoms with Gasteiger partial charge >= 0.3 is 0 Å². The van der Waals surface area contributed by atoms with Gasteiger partial charge < -0.3 is 5.32 Å². The fourth-order valence-corrected chi connectivity index (χ4v) is 2.96. The fraction of sp³-hybridized carbons (Fsp3) is 0.909. The first kappa shape index (κ1) is 14.4. The minimum absolute atomic E-state index is 0.0209. The van der Waals surface area contributed by atoms with Gasteiger partial charge in [0.1, 0.15) is 0 Å². The zero-order valence-corrected chi connectivity index (χ0v) is 11.6. The standard InChI is InChI=1S/C11H22N2O3S/c1-4-17(15,16)13-7-5-10(6-8-13)12-11(14)9(2)3/h9-10H,4-8H2,1-3H3,(H,12,14). The zero-order valence-electron chi connectivity index (χ0n) is 10.8. The van der Waals surface area contributed by atoms with E-state index in [4.69, 9.17) is 0 Å². The smallest absolute Gasteiger partial charge is 0.222 e. The molecule has 1 heterocycles.